The van der Waals surface area contributed by atoms with E-state index in [1.807, 2.05) is 0 Å². The van der Waals surface area contributed by atoms with Gasteiger partial charge in [-0.05, 0) is 36.6 Å². The van der Waals surface area contributed by atoms with Gasteiger partial charge in [-0.15, -0.1) is 0 Å². The molecule has 0 bridgehead atoms. The number of nitrogens with zero attached hydrogens (tertiary/aromatic N) is 2. The van der Waals surface area contributed by atoms with Crippen LogP contribution < -0.4 is 4.74 Å². The summed E-state index contributed by atoms with van der Waals surface area (Å²) < 4.78 is 18.9. The van der Waals surface area contributed by atoms with E-state index in [0.29, 0.717) is 11.3 Å². The Bertz CT molecular complexity index is 907. The zero-order valence-corrected chi connectivity index (χ0v) is 18.0. The van der Waals surface area contributed by atoms with Gasteiger partial charge >= 0.3 is 0 Å². The lowest BCUT2D eigenvalue weighted by Crippen LogP contribution is -1.92. The van der Waals surface area contributed by atoms with Crippen molar-refractivity contribution in [3.63, 3.8) is 0 Å². The number of unbranched alkanes of at least 4 members (excludes halogenated alkanes) is 6. The van der Waals surface area contributed by atoms with Gasteiger partial charge in [0.1, 0.15) is 0 Å². The van der Waals surface area contributed by atoms with Crippen LogP contribution in [0.2, 0.25) is 0 Å². The summed E-state index contributed by atoms with van der Waals surface area (Å²) in [6, 6.07) is 13.4. The van der Waals surface area contributed by atoms with Crippen molar-refractivity contribution >= 4 is 0 Å². The van der Waals surface area contributed by atoms with Gasteiger partial charge in [0.25, 0.3) is 0 Å². The number of hydrogen-bond acceptors (Lipinski definition) is 3. The Labute approximate surface area is 179 Å². The standard InChI is InChI=1S/C26H31FN2O/c1-3-4-5-6-7-8-9-10-20-11-13-21(14-12-20)24-18-29-25(19-28-24)22-15-16-26(30-2)23(27)17-22/h11-19H,3-10H2,1-2H3. The van der Waals surface area contributed by atoms with Gasteiger partial charge in [-0.2, -0.15) is 0 Å². The lowest BCUT2D eigenvalue weighted by atomic mass is 10.0. The van der Waals surface area contributed by atoms with Gasteiger partial charge in [0.2, 0.25) is 0 Å². The van der Waals surface area contributed by atoms with Gasteiger partial charge in [0.15, 0.2) is 11.6 Å². The molecule has 1 aromatic heterocycles. The number of methoxy groups -OCH3 is 1. The molecule has 0 saturated heterocycles. The average molecular weight is 407 g/mol. The molecule has 0 N–H and O–H groups in total. The lowest BCUT2D eigenvalue weighted by Gasteiger charge is -2.07. The summed E-state index contributed by atoms with van der Waals surface area (Å²) in [4.78, 5) is 8.99. The molecule has 158 valence electrons. The van der Waals surface area contributed by atoms with Crippen LogP contribution in [0.1, 0.15) is 57.4 Å². The molecule has 4 heteroatoms. The first-order valence-corrected chi connectivity index (χ1v) is 11.0. The van der Waals surface area contributed by atoms with Gasteiger partial charge in [-0.1, -0.05) is 69.7 Å². The van der Waals surface area contributed by atoms with E-state index in [0.717, 1.165) is 17.7 Å². The minimum atomic E-state index is -0.405. The van der Waals surface area contributed by atoms with Crippen molar-refractivity contribution in [2.45, 2.75) is 58.3 Å². The average Bonchev–Trinajstić information content (AvgIpc) is 2.79. The fourth-order valence-electron chi connectivity index (χ4n) is 3.58. The number of aromatic nitrogens is 2. The Morgan fingerprint density at radius 1 is 0.767 bits per heavy atom. The smallest absolute Gasteiger partial charge is 0.165 e. The molecule has 1 heterocycles. The number of benzene rings is 2. The van der Waals surface area contributed by atoms with Crippen LogP contribution in [0.3, 0.4) is 0 Å². The zero-order chi connectivity index (χ0) is 21.2. The highest BCUT2D eigenvalue weighted by Crippen LogP contribution is 2.25. The molecule has 0 saturated carbocycles. The van der Waals surface area contributed by atoms with Crippen molar-refractivity contribution in [2.24, 2.45) is 0 Å². The molecule has 3 rings (SSSR count). The summed E-state index contributed by atoms with van der Waals surface area (Å²) in [5.41, 5.74) is 4.53. The SMILES string of the molecule is CCCCCCCCCc1ccc(-c2cnc(-c3ccc(OC)c(F)c3)cn2)cc1. The van der Waals surface area contributed by atoms with E-state index in [9.17, 15) is 4.39 Å². The van der Waals surface area contributed by atoms with Crippen molar-refractivity contribution in [1.29, 1.82) is 0 Å². The molecule has 3 nitrogen and oxygen atoms in total. The van der Waals surface area contributed by atoms with Crippen molar-refractivity contribution in [3.05, 3.63) is 66.2 Å². The quantitative estimate of drug-likeness (QED) is 0.315. The fourth-order valence-corrected chi connectivity index (χ4v) is 3.58. The van der Waals surface area contributed by atoms with Crippen LogP contribution in [0.15, 0.2) is 54.9 Å². The van der Waals surface area contributed by atoms with E-state index in [4.69, 9.17) is 4.74 Å². The van der Waals surface area contributed by atoms with Crippen LogP contribution in [0.4, 0.5) is 4.39 Å². The van der Waals surface area contributed by atoms with Crippen molar-refractivity contribution in [2.75, 3.05) is 7.11 Å². The molecule has 3 aromatic rings. The summed E-state index contributed by atoms with van der Waals surface area (Å²) in [5.74, 6) is -0.183. The fraction of sp³-hybridized carbons (Fsp3) is 0.385. The molecule has 0 aliphatic carbocycles. The van der Waals surface area contributed by atoms with Crippen molar-refractivity contribution in [3.8, 4) is 28.3 Å². The molecule has 2 aromatic carbocycles. The van der Waals surface area contributed by atoms with E-state index >= 15 is 0 Å². The Morgan fingerprint density at radius 3 is 1.97 bits per heavy atom. The second-order valence-corrected chi connectivity index (χ2v) is 7.70. The monoisotopic (exact) mass is 406 g/mol. The van der Waals surface area contributed by atoms with Gasteiger partial charge in [0, 0.05) is 11.1 Å². The summed E-state index contributed by atoms with van der Waals surface area (Å²) in [7, 11) is 1.45. The second kappa shape index (κ2) is 11.4. The number of rotatable bonds is 11. The van der Waals surface area contributed by atoms with Crippen LogP contribution >= 0.6 is 0 Å². The normalized spacial score (nSPS) is 10.9. The van der Waals surface area contributed by atoms with E-state index in [2.05, 4.69) is 41.2 Å². The summed E-state index contributed by atoms with van der Waals surface area (Å²) >= 11 is 0. The summed E-state index contributed by atoms with van der Waals surface area (Å²) in [6.07, 6.45) is 13.9. The number of halogens is 1. The first kappa shape index (κ1) is 21.9. The lowest BCUT2D eigenvalue weighted by molar-refractivity contribution is 0.386. The minimum absolute atomic E-state index is 0.222. The highest BCUT2D eigenvalue weighted by molar-refractivity contribution is 5.63. The highest BCUT2D eigenvalue weighted by Gasteiger charge is 2.08. The molecule has 0 spiro atoms. The molecule has 0 fully saturated rings. The number of aryl methyl sites for hydroxylation is 1. The predicted octanol–water partition coefficient (Wildman–Crippen LogP) is 7.25. The highest BCUT2D eigenvalue weighted by atomic mass is 19.1. The maximum absolute atomic E-state index is 13.9. The summed E-state index contributed by atoms with van der Waals surface area (Å²) in [5, 5.41) is 0. The topological polar surface area (TPSA) is 35.0 Å². The first-order chi connectivity index (χ1) is 14.7. The first-order valence-electron chi connectivity index (χ1n) is 11.0. The van der Waals surface area contributed by atoms with Crippen molar-refractivity contribution < 1.29 is 9.13 Å². The van der Waals surface area contributed by atoms with E-state index < -0.39 is 5.82 Å². The third kappa shape index (κ3) is 6.12. The van der Waals surface area contributed by atoms with Gasteiger partial charge in [-0.25, -0.2) is 4.39 Å². The maximum Gasteiger partial charge on any atom is 0.165 e. The molecule has 0 atom stereocenters. The molecular formula is C26H31FN2O. The van der Waals surface area contributed by atoms with E-state index in [-0.39, 0.29) is 5.75 Å². The Kier molecular flexibility index (Phi) is 8.37. The largest absolute Gasteiger partial charge is 0.494 e. The van der Waals surface area contributed by atoms with Crippen LogP contribution in [-0.4, -0.2) is 17.1 Å². The third-order valence-corrected chi connectivity index (χ3v) is 5.42. The molecule has 0 unspecified atom stereocenters. The van der Waals surface area contributed by atoms with Crippen LogP contribution in [0, 0.1) is 5.82 Å². The number of hydrogen-bond donors (Lipinski definition) is 0. The van der Waals surface area contributed by atoms with Crippen LogP contribution in [0.25, 0.3) is 22.5 Å². The molecule has 0 amide bonds. The zero-order valence-electron chi connectivity index (χ0n) is 18.0. The second-order valence-electron chi connectivity index (χ2n) is 7.70. The van der Waals surface area contributed by atoms with E-state index in [1.54, 1.807) is 24.5 Å². The van der Waals surface area contributed by atoms with E-state index in [1.165, 1.54) is 63.7 Å². The third-order valence-electron chi connectivity index (χ3n) is 5.42. The predicted molar refractivity (Wildman–Crippen MR) is 121 cm³/mol. The van der Waals surface area contributed by atoms with Crippen molar-refractivity contribution in [1.82, 2.24) is 9.97 Å². The maximum atomic E-state index is 13.9. The van der Waals surface area contributed by atoms with Gasteiger partial charge < -0.3 is 4.74 Å². The Morgan fingerprint density at radius 2 is 1.37 bits per heavy atom. The molecule has 0 radical (unpaired) electrons. The molecule has 30 heavy (non-hydrogen) atoms. The van der Waals surface area contributed by atoms with Crippen LogP contribution in [-0.2, 0) is 6.42 Å². The number of ether oxygens (including phenoxy) is 1. The van der Waals surface area contributed by atoms with Gasteiger partial charge in [-0.3, -0.25) is 9.97 Å². The molecule has 0 aliphatic rings. The molecular weight excluding hydrogens is 375 g/mol. The summed E-state index contributed by atoms with van der Waals surface area (Å²) in [6.45, 7) is 2.26. The molecule has 0 aliphatic heterocycles. The Balaban J connectivity index is 1.54. The van der Waals surface area contributed by atoms with Crippen LogP contribution in [0.5, 0.6) is 5.75 Å². The van der Waals surface area contributed by atoms with Gasteiger partial charge in [0.05, 0.1) is 30.9 Å². The Hall–Kier alpha value is -2.75. The minimum Gasteiger partial charge on any atom is -0.494 e.